The molecule has 0 unspecified atom stereocenters. The second-order valence-corrected chi connectivity index (χ2v) is 8.14. The number of rotatable bonds is 7. The molecular formula is C17H24N6O3S. The fourth-order valence-corrected chi connectivity index (χ4v) is 4.45. The molecule has 0 aliphatic heterocycles. The van der Waals surface area contributed by atoms with Crippen molar-refractivity contribution in [2.75, 3.05) is 11.9 Å². The van der Waals surface area contributed by atoms with E-state index >= 15 is 0 Å². The third-order valence-corrected chi connectivity index (χ3v) is 5.74. The Morgan fingerprint density at radius 2 is 2.11 bits per heavy atom. The first-order valence-electron chi connectivity index (χ1n) is 9.16. The van der Waals surface area contributed by atoms with Gasteiger partial charge in [-0.1, -0.05) is 19.3 Å². The Morgan fingerprint density at radius 3 is 2.78 bits per heavy atom. The largest absolute Gasteiger partial charge is 0.461 e. The number of esters is 1. The van der Waals surface area contributed by atoms with Crippen LogP contribution in [-0.4, -0.2) is 43.7 Å². The van der Waals surface area contributed by atoms with Crippen molar-refractivity contribution < 1.29 is 14.3 Å². The highest BCUT2D eigenvalue weighted by atomic mass is 32.1. The van der Waals surface area contributed by atoms with Crippen molar-refractivity contribution >= 4 is 28.3 Å². The van der Waals surface area contributed by atoms with E-state index in [-0.39, 0.29) is 23.6 Å². The minimum absolute atomic E-state index is 0.103. The topological polar surface area (TPSA) is 112 Å². The van der Waals surface area contributed by atoms with Crippen LogP contribution in [0, 0.1) is 12.3 Å². The number of aromatic nitrogens is 5. The Bertz CT molecular complexity index is 783. The number of carbonyl (C=O) groups is 2. The molecule has 2 heterocycles. The number of nitrogens with zero attached hydrogens (tertiary/aromatic N) is 5. The lowest BCUT2D eigenvalue weighted by Crippen LogP contribution is -2.34. The third-order valence-electron chi connectivity index (χ3n) is 4.85. The maximum absolute atomic E-state index is 12.7. The molecule has 1 aliphatic carbocycles. The van der Waals surface area contributed by atoms with Crippen molar-refractivity contribution in [3.8, 4) is 0 Å². The third kappa shape index (κ3) is 4.88. The van der Waals surface area contributed by atoms with Gasteiger partial charge < -0.3 is 10.1 Å². The summed E-state index contributed by atoms with van der Waals surface area (Å²) in [5.41, 5.74) is 0.103. The highest BCUT2D eigenvalue weighted by Gasteiger charge is 2.35. The van der Waals surface area contributed by atoms with E-state index in [2.05, 4.69) is 25.8 Å². The summed E-state index contributed by atoms with van der Waals surface area (Å²) in [5, 5.41) is 14.6. The first-order chi connectivity index (χ1) is 13.0. The van der Waals surface area contributed by atoms with Crippen molar-refractivity contribution in [2.45, 2.75) is 58.9 Å². The summed E-state index contributed by atoms with van der Waals surface area (Å²) in [7, 11) is 0. The lowest BCUT2D eigenvalue weighted by atomic mass is 9.71. The van der Waals surface area contributed by atoms with Crippen LogP contribution >= 0.6 is 11.3 Å². The Morgan fingerprint density at radius 1 is 1.33 bits per heavy atom. The summed E-state index contributed by atoms with van der Waals surface area (Å²) in [6, 6.07) is 0. The number of amides is 1. The van der Waals surface area contributed by atoms with Crippen molar-refractivity contribution in [3.05, 3.63) is 16.9 Å². The first kappa shape index (κ1) is 19.4. The van der Waals surface area contributed by atoms with Crippen molar-refractivity contribution in [1.29, 1.82) is 0 Å². The molecule has 0 radical (unpaired) electrons. The van der Waals surface area contributed by atoms with Crippen molar-refractivity contribution in [3.63, 3.8) is 0 Å². The quantitative estimate of drug-likeness (QED) is 0.721. The average molecular weight is 392 g/mol. The van der Waals surface area contributed by atoms with Gasteiger partial charge in [0.1, 0.15) is 6.33 Å². The van der Waals surface area contributed by atoms with Crippen LogP contribution in [0.2, 0.25) is 0 Å². The van der Waals surface area contributed by atoms with Crippen LogP contribution in [0.4, 0.5) is 5.13 Å². The van der Waals surface area contributed by atoms with Crippen LogP contribution in [0.15, 0.2) is 6.33 Å². The van der Waals surface area contributed by atoms with E-state index in [1.165, 1.54) is 17.8 Å². The van der Waals surface area contributed by atoms with Crippen LogP contribution < -0.4 is 5.32 Å². The van der Waals surface area contributed by atoms with Crippen LogP contribution in [0.1, 0.15) is 60.8 Å². The highest BCUT2D eigenvalue weighted by molar-refractivity contribution is 7.16. The molecule has 0 saturated heterocycles. The Hall–Kier alpha value is -2.36. The van der Waals surface area contributed by atoms with Gasteiger partial charge in [0, 0.05) is 11.3 Å². The van der Waals surface area contributed by atoms with Gasteiger partial charge in [0.15, 0.2) is 10.8 Å². The van der Waals surface area contributed by atoms with Gasteiger partial charge in [0.2, 0.25) is 5.91 Å². The monoisotopic (exact) mass is 392 g/mol. The predicted molar refractivity (Wildman–Crippen MR) is 99.4 cm³/mol. The second-order valence-electron chi connectivity index (χ2n) is 6.94. The summed E-state index contributed by atoms with van der Waals surface area (Å²) < 4.78 is 6.69. The molecule has 27 heavy (non-hydrogen) atoms. The average Bonchev–Trinajstić information content (AvgIpc) is 3.25. The minimum Gasteiger partial charge on any atom is -0.461 e. The summed E-state index contributed by atoms with van der Waals surface area (Å²) in [6.45, 7) is 4.45. The maximum atomic E-state index is 12.7. The van der Waals surface area contributed by atoms with Gasteiger partial charge in [-0.2, -0.15) is 0 Å². The molecule has 2 aromatic rings. The van der Waals surface area contributed by atoms with Crippen LogP contribution in [0.3, 0.4) is 0 Å². The number of hydrogen-bond acceptors (Lipinski definition) is 8. The number of tetrazole rings is 1. The molecule has 146 valence electrons. The molecule has 1 aliphatic rings. The van der Waals surface area contributed by atoms with Gasteiger partial charge >= 0.3 is 5.97 Å². The molecule has 0 atom stereocenters. The SMILES string of the molecule is CCOC(=O)c1nc(NC(=O)CC2(Cn3cnnn3)CCCCC2)sc1C. The van der Waals surface area contributed by atoms with E-state index in [0.717, 1.165) is 30.6 Å². The lowest BCUT2D eigenvalue weighted by Gasteiger charge is -2.36. The number of anilines is 1. The molecule has 2 aromatic heterocycles. The number of hydrogen-bond donors (Lipinski definition) is 1. The summed E-state index contributed by atoms with van der Waals surface area (Å²) in [6.07, 6.45) is 7.27. The maximum Gasteiger partial charge on any atom is 0.358 e. The molecule has 0 aromatic carbocycles. The zero-order valence-corrected chi connectivity index (χ0v) is 16.4. The molecule has 1 fully saturated rings. The molecule has 9 nitrogen and oxygen atoms in total. The molecule has 0 spiro atoms. The van der Waals surface area contributed by atoms with E-state index < -0.39 is 5.97 Å². The molecule has 10 heteroatoms. The van der Waals surface area contributed by atoms with Crippen molar-refractivity contribution in [2.24, 2.45) is 5.41 Å². The van der Waals surface area contributed by atoms with Gasteiger partial charge in [-0.15, -0.1) is 16.4 Å². The number of nitrogens with one attached hydrogen (secondary N) is 1. The molecule has 1 N–H and O–H groups in total. The summed E-state index contributed by atoms with van der Waals surface area (Å²) in [4.78, 5) is 29.6. The van der Waals surface area contributed by atoms with Crippen LogP contribution in [0.25, 0.3) is 0 Å². The zero-order chi connectivity index (χ0) is 19.3. The Kier molecular flexibility index (Phi) is 6.15. The standard InChI is InChI=1S/C17H24N6O3S/c1-3-26-15(25)14-12(2)27-16(20-14)19-13(24)9-17(7-5-4-6-8-17)10-23-11-18-21-22-23/h11H,3-10H2,1-2H3,(H,19,20,24). The first-order valence-corrected chi connectivity index (χ1v) is 9.98. The normalized spacial score (nSPS) is 16.1. The smallest absolute Gasteiger partial charge is 0.358 e. The van der Waals surface area contributed by atoms with E-state index in [0.29, 0.717) is 18.1 Å². The highest BCUT2D eigenvalue weighted by Crippen LogP contribution is 2.41. The van der Waals surface area contributed by atoms with Crippen LogP contribution in [-0.2, 0) is 16.1 Å². The predicted octanol–water partition coefficient (Wildman–Crippen LogP) is 2.59. The molecular weight excluding hydrogens is 368 g/mol. The Balaban J connectivity index is 1.67. The van der Waals surface area contributed by atoms with Gasteiger partial charge in [-0.3, -0.25) is 4.79 Å². The number of aryl methyl sites for hydroxylation is 1. The van der Waals surface area contributed by atoms with Gasteiger partial charge in [0.25, 0.3) is 0 Å². The Labute approximate surface area is 161 Å². The molecule has 1 amide bonds. The summed E-state index contributed by atoms with van der Waals surface area (Å²) >= 11 is 1.28. The second kappa shape index (κ2) is 8.55. The zero-order valence-electron chi connectivity index (χ0n) is 15.6. The van der Waals surface area contributed by atoms with Crippen molar-refractivity contribution in [1.82, 2.24) is 25.2 Å². The van der Waals surface area contributed by atoms with Gasteiger partial charge in [-0.25, -0.2) is 14.5 Å². The van der Waals surface area contributed by atoms with E-state index in [9.17, 15) is 9.59 Å². The number of thiazole rings is 1. The summed E-state index contributed by atoms with van der Waals surface area (Å²) in [5.74, 6) is -0.566. The molecule has 0 bridgehead atoms. The lowest BCUT2D eigenvalue weighted by molar-refractivity contribution is -0.119. The van der Waals surface area contributed by atoms with Gasteiger partial charge in [-0.05, 0) is 42.5 Å². The minimum atomic E-state index is -0.464. The molecule has 1 saturated carbocycles. The number of ether oxygens (including phenoxy) is 1. The van der Waals surface area contributed by atoms with E-state index in [1.54, 1.807) is 24.9 Å². The van der Waals surface area contributed by atoms with E-state index in [1.807, 2.05) is 0 Å². The fraction of sp³-hybridized carbons (Fsp3) is 0.647. The van der Waals surface area contributed by atoms with Gasteiger partial charge in [0.05, 0.1) is 13.2 Å². The van der Waals surface area contributed by atoms with E-state index in [4.69, 9.17) is 4.74 Å². The molecule has 3 rings (SSSR count). The fourth-order valence-electron chi connectivity index (χ4n) is 3.63. The van der Waals surface area contributed by atoms with Crippen LogP contribution in [0.5, 0.6) is 0 Å². The number of carbonyl (C=O) groups excluding carboxylic acids is 2.